The number of carbonyl (C=O) groups is 2. The molecule has 0 unspecified atom stereocenters. The maximum Gasteiger partial charge on any atom is 0.305 e. The third kappa shape index (κ3) is 73.0. The average Bonchev–Trinajstić information content (AvgIpc) is 3.38. The number of ether oxygens (including phenoxy) is 2. The summed E-state index contributed by atoms with van der Waals surface area (Å²) in [5.41, 5.74) is 0. The quantitative estimate of drug-likeness (QED) is 0.0450. The van der Waals surface area contributed by atoms with Crippen LogP contribution in [0.5, 0.6) is 0 Å². The summed E-state index contributed by atoms with van der Waals surface area (Å²) in [6, 6.07) is 0. The molecule has 0 aliphatic carbocycles. The van der Waals surface area contributed by atoms with Crippen molar-refractivity contribution < 1.29 is 19.1 Å². The van der Waals surface area contributed by atoms with Gasteiger partial charge in [-0.1, -0.05) is 375 Å². The Balaban J connectivity index is 0. The van der Waals surface area contributed by atoms with Crippen LogP contribution >= 0.6 is 0 Å². The lowest BCUT2D eigenvalue weighted by Gasteiger charge is -2.06. The zero-order valence-corrected chi connectivity index (χ0v) is 52.2. The van der Waals surface area contributed by atoms with Crippen molar-refractivity contribution in [3.8, 4) is 0 Å². The molecule has 0 N–H and O–H groups in total. The summed E-state index contributed by atoms with van der Waals surface area (Å²) in [6.07, 6.45) is 77.4. The van der Waals surface area contributed by atoms with E-state index in [0.29, 0.717) is 26.1 Å². The van der Waals surface area contributed by atoms with E-state index < -0.39 is 0 Å². The Kier molecular flexibility index (Phi) is 69.0. The van der Waals surface area contributed by atoms with Crippen LogP contribution in [0.4, 0.5) is 0 Å². The standard InChI is InChI=1S/C36H72O2.C34H68O2/c1-34(2)30-26-22-18-14-10-6-5-9-13-17-21-25-29-33-38-36(37)32-28-24-20-16-12-8-7-11-15-19-23-27-31-35(3)4;1-3-5-7-9-11-13-15-17-19-20-22-24-26-28-30-32-34(35)36-33-31-29-27-25-23-21-18-16-14-12-10-8-6-4-2/h34-35H,5-33H2,1-4H3;3-33H2,1-2H3. The van der Waals surface area contributed by atoms with Crippen molar-refractivity contribution in [3.05, 3.63) is 0 Å². The Morgan fingerprint density at radius 2 is 0.392 bits per heavy atom. The zero-order chi connectivity index (χ0) is 54.2. The van der Waals surface area contributed by atoms with Gasteiger partial charge in [0.2, 0.25) is 0 Å². The molecule has 0 fully saturated rings. The Hall–Kier alpha value is -1.06. The van der Waals surface area contributed by atoms with Crippen molar-refractivity contribution in [2.24, 2.45) is 11.8 Å². The summed E-state index contributed by atoms with van der Waals surface area (Å²) < 4.78 is 10.9. The molecule has 0 aliphatic rings. The first-order valence-electron chi connectivity index (χ1n) is 34.6. The number of hydrogen-bond acceptors (Lipinski definition) is 4. The SMILES string of the molecule is CC(C)CCCCCCCCCCCCCCCOC(=O)CCCCCCCCCCCCCCC(C)C.CCCCCCCCCCCCCCCCCC(=O)OCCCCCCCCCCCCCCCC. The Morgan fingerprint density at radius 3 is 0.581 bits per heavy atom. The topological polar surface area (TPSA) is 52.6 Å². The van der Waals surface area contributed by atoms with E-state index in [4.69, 9.17) is 9.47 Å². The van der Waals surface area contributed by atoms with Gasteiger partial charge in [-0.3, -0.25) is 9.59 Å². The molecule has 0 atom stereocenters. The molecule has 0 radical (unpaired) electrons. The van der Waals surface area contributed by atoms with Gasteiger partial charge in [0.05, 0.1) is 13.2 Å². The van der Waals surface area contributed by atoms with Crippen LogP contribution in [0.25, 0.3) is 0 Å². The van der Waals surface area contributed by atoms with E-state index in [0.717, 1.165) is 37.5 Å². The van der Waals surface area contributed by atoms with Crippen molar-refractivity contribution in [1.29, 1.82) is 0 Å². The van der Waals surface area contributed by atoms with E-state index in [1.807, 2.05) is 0 Å². The van der Waals surface area contributed by atoms with Crippen molar-refractivity contribution in [2.75, 3.05) is 13.2 Å². The highest BCUT2D eigenvalue weighted by molar-refractivity contribution is 5.69. The van der Waals surface area contributed by atoms with Gasteiger partial charge in [-0.15, -0.1) is 0 Å². The predicted octanol–water partition coefficient (Wildman–Crippen LogP) is 25.0. The molecule has 0 aliphatic heterocycles. The first-order valence-corrected chi connectivity index (χ1v) is 34.6. The third-order valence-electron chi connectivity index (χ3n) is 15.8. The summed E-state index contributed by atoms with van der Waals surface area (Å²) in [4.78, 5) is 23.8. The molecule has 4 heteroatoms. The van der Waals surface area contributed by atoms with Crippen LogP contribution in [0.15, 0.2) is 0 Å². The monoisotopic (exact) mass is 1050 g/mol. The summed E-state index contributed by atoms with van der Waals surface area (Å²) in [5, 5.41) is 0. The van der Waals surface area contributed by atoms with Crippen molar-refractivity contribution in [2.45, 2.75) is 414 Å². The fraction of sp³-hybridized carbons (Fsp3) is 0.971. The Morgan fingerprint density at radius 1 is 0.230 bits per heavy atom. The molecule has 0 aromatic carbocycles. The van der Waals surface area contributed by atoms with Crippen LogP contribution in [-0.2, 0) is 19.1 Å². The maximum atomic E-state index is 11.9. The summed E-state index contributed by atoms with van der Waals surface area (Å²) >= 11 is 0. The van der Waals surface area contributed by atoms with Crippen LogP contribution in [0, 0.1) is 11.8 Å². The molecule has 4 nitrogen and oxygen atoms in total. The van der Waals surface area contributed by atoms with E-state index in [-0.39, 0.29) is 11.9 Å². The highest BCUT2D eigenvalue weighted by Gasteiger charge is 2.05. The molecule has 74 heavy (non-hydrogen) atoms. The lowest BCUT2D eigenvalue weighted by Crippen LogP contribution is -2.05. The molecule has 0 spiro atoms. The minimum Gasteiger partial charge on any atom is -0.466 e. The van der Waals surface area contributed by atoms with E-state index >= 15 is 0 Å². The molecule has 444 valence electrons. The van der Waals surface area contributed by atoms with Crippen molar-refractivity contribution in [1.82, 2.24) is 0 Å². The van der Waals surface area contributed by atoms with Crippen molar-refractivity contribution in [3.63, 3.8) is 0 Å². The van der Waals surface area contributed by atoms with E-state index in [1.165, 1.54) is 334 Å². The maximum absolute atomic E-state index is 11.9. The predicted molar refractivity (Wildman–Crippen MR) is 331 cm³/mol. The van der Waals surface area contributed by atoms with Gasteiger partial charge >= 0.3 is 11.9 Å². The molecule has 0 amide bonds. The third-order valence-corrected chi connectivity index (χ3v) is 15.8. The molecule has 0 bridgehead atoms. The lowest BCUT2D eigenvalue weighted by atomic mass is 10.0. The normalized spacial score (nSPS) is 11.5. The van der Waals surface area contributed by atoms with Crippen molar-refractivity contribution >= 4 is 11.9 Å². The highest BCUT2D eigenvalue weighted by atomic mass is 16.5. The minimum absolute atomic E-state index is 0.0262. The van der Waals surface area contributed by atoms with Gasteiger partial charge in [0, 0.05) is 12.8 Å². The van der Waals surface area contributed by atoms with Crippen LogP contribution in [0.1, 0.15) is 414 Å². The molecule has 0 heterocycles. The van der Waals surface area contributed by atoms with E-state index in [9.17, 15) is 9.59 Å². The Bertz CT molecular complexity index is 986. The van der Waals surface area contributed by atoms with Gasteiger partial charge in [0.15, 0.2) is 0 Å². The number of esters is 2. The van der Waals surface area contributed by atoms with Crippen LogP contribution < -0.4 is 0 Å². The second-order valence-corrected chi connectivity index (χ2v) is 24.7. The number of unbranched alkanes of at least 4 members (excludes halogenated alkanes) is 50. The van der Waals surface area contributed by atoms with Gasteiger partial charge in [-0.05, 0) is 37.5 Å². The smallest absolute Gasteiger partial charge is 0.305 e. The molecule has 0 aromatic heterocycles. The molecular weight excluding hydrogens is 905 g/mol. The second kappa shape index (κ2) is 68.0. The first kappa shape index (κ1) is 75.0. The van der Waals surface area contributed by atoms with Crippen LogP contribution in [0.2, 0.25) is 0 Å². The number of hydrogen-bond donors (Lipinski definition) is 0. The zero-order valence-electron chi connectivity index (χ0n) is 52.2. The van der Waals surface area contributed by atoms with E-state index in [1.54, 1.807) is 0 Å². The van der Waals surface area contributed by atoms with Crippen LogP contribution in [-0.4, -0.2) is 25.2 Å². The second-order valence-electron chi connectivity index (χ2n) is 24.7. The number of rotatable bonds is 62. The summed E-state index contributed by atoms with van der Waals surface area (Å²) in [7, 11) is 0. The molecule has 0 saturated carbocycles. The first-order chi connectivity index (χ1) is 36.3. The number of carbonyl (C=O) groups excluding carboxylic acids is 2. The molecular formula is C70H140O4. The highest BCUT2D eigenvalue weighted by Crippen LogP contribution is 2.19. The minimum atomic E-state index is 0.0262. The summed E-state index contributed by atoms with van der Waals surface area (Å²) in [5.74, 6) is 1.80. The lowest BCUT2D eigenvalue weighted by molar-refractivity contribution is -0.144. The van der Waals surface area contributed by atoms with E-state index in [2.05, 4.69) is 41.5 Å². The van der Waals surface area contributed by atoms with Gasteiger partial charge < -0.3 is 9.47 Å². The fourth-order valence-corrected chi connectivity index (χ4v) is 10.6. The largest absolute Gasteiger partial charge is 0.466 e. The molecule has 0 saturated heterocycles. The van der Waals surface area contributed by atoms with Crippen LogP contribution in [0.3, 0.4) is 0 Å². The fourth-order valence-electron chi connectivity index (χ4n) is 10.6. The van der Waals surface area contributed by atoms with Gasteiger partial charge in [-0.2, -0.15) is 0 Å². The average molecular weight is 1050 g/mol. The molecule has 0 rings (SSSR count). The van der Waals surface area contributed by atoms with Gasteiger partial charge in [0.1, 0.15) is 0 Å². The molecule has 0 aromatic rings. The summed E-state index contributed by atoms with van der Waals surface area (Å²) in [6.45, 7) is 15.2. The Labute approximate surface area is 467 Å². The van der Waals surface area contributed by atoms with Gasteiger partial charge in [-0.25, -0.2) is 0 Å². The van der Waals surface area contributed by atoms with Gasteiger partial charge in [0.25, 0.3) is 0 Å².